The lowest BCUT2D eigenvalue weighted by atomic mass is 10.4. The first-order chi connectivity index (χ1) is 5.24. The highest BCUT2D eigenvalue weighted by atomic mass is 127. The first-order valence-corrected chi connectivity index (χ1v) is 4.33. The summed E-state index contributed by atoms with van der Waals surface area (Å²) in [7, 11) is 0. The minimum atomic E-state index is -0.131. The fourth-order valence-electron chi connectivity index (χ4n) is 0.701. The van der Waals surface area contributed by atoms with Crippen LogP contribution in [0.2, 0.25) is 0 Å². The second-order valence-corrected chi connectivity index (χ2v) is 3.10. The number of nitrogens with one attached hydrogen (secondary N) is 1. The van der Waals surface area contributed by atoms with E-state index in [1.165, 1.54) is 6.07 Å². The third-order valence-electron chi connectivity index (χ3n) is 1.14. The molecule has 60 valence electrons. The Morgan fingerprint density at radius 2 is 2.45 bits per heavy atom. The van der Waals surface area contributed by atoms with E-state index in [1.807, 2.05) is 6.92 Å². The third-order valence-corrected chi connectivity index (χ3v) is 1.98. The van der Waals surface area contributed by atoms with Crippen molar-refractivity contribution in [1.29, 1.82) is 0 Å². The molecular formula is C7H8INO2. The van der Waals surface area contributed by atoms with E-state index in [9.17, 15) is 4.79 Å². The number of rotatable bonds is 2. The van der Waals surface area contributed by atoms with E-state index in [2.05, 4.69) is 27.6 Å². The normalized spacial score (nSPS) is 9.64. The minimum absolute atomic E-state index is 0.131. The van der Waals surface area contributed by atoms with E-state index >= 15 is 0 Å². The highest BCUT2D eigenvalue weighted by Crippen LogP contribution is 2.16. The Morgan fingerprint density at radius 3 is 3.09 bits per heavy atom. The molecule has 0 saturated carbocycles. The van der Waals surface area contributed by atoms with E-state index in [4.69, 9.17) is 4.74 Å². The maximum absolute atomic E-state index is 10.8. The summed E-state index contributed by atoms with van der Waals surface area (Å²) in [5.74, 6) is 0.650. The summed E-state index contributed by atoms with van der Waals surface area (Å²) < 4.78 is 6.11. The van der Waals surface area contributed by atoms with Crippen molar-refractivity contribution in [3.63, 3.8) is 0 Å². The van der Waals surface area contributed by atoms with Crippen molar-refractivity contribution in [2.75, 3.05) is 6.61 Å². The molecule has 0 aromatic carbocycles. The summed E-state index contributed by atoms with van der Waals surface area (Å²) in [5.41, 5.74) is -0.131. The average molecular weight is 265 g/mol. The lowest BCUT2D eigenvalue weighted by Gasteiger charge is -2.02. The smallest absolute Gasteiger partial charge is 0.251 e. The maximum atomic E-state index is 10.8. The van der Waals surface area contributed by atoms with Gasteiger partial charge in [0.2, 0.25) is 0 Å². The van der Waals surface area contributed by atoms with Crippen molar-refractivity contribution in [1.82, 2.24) is 4.98 Å². The first-order valence-electron chi connectivity index (χ1n) is 3.25. The Morgan fingerprint density at radius 1 is 1.73 bits per heavy atom. The molecule has 1 aromatic rings. The zero-order valence-electron chi connectivity index (χ0n) is 6.06. The van der Waals surface area contributed by atoms with Crippen LogP contribution in [0, 0.1) is 3.57 Å². The Hall–Kier alpha value is -0.520. The molecule has 0 atom stereocenters. The lowest BCUT2D eigenvalue weighted by molar-refractivity contribution is 0.337. The predicted octanol–water partition coefficient (Wildman–Crippen LogP) is 1.38. The van der Waals surface area contributed by atoms with Gasteiger partial charge in [-0.25, -0.2) is 0 Å². The summed E-state index contributed by atoms with van der Waals surface area (Å²) in [6.45, 7) is 2.47. The second-order valence-electron chi connectivity index (χ2n) is 1.94. The molecule has 0 radical (unpaired) electrons. The number of hydrogen-bond acceptors (Lipinski definition) is 2. The van der Waals surface area contributed by atoms with Gasteiger partial charge in [-0.05, 0) is 29.5 Å². The number of ether oxygens (including phenoxy) is 1. The van der Waals surface area contributed by atoms with Crippen LogP contribution in [0.5, 0.6) is 5.75 Å². The molecule has 0 fully saturated rings. The van der Waals surface area contributed by atoms with Crippen molar-refractivity contribution < 1.29 is 4.74 Å². The van der Waals surface area contributed by atoms with Gasteiger partial charge in [0.25, 0.3) is 5.56 Å². The van der Waals surface area contributed by atoms with Gasteiger partial charge < -0.3 is 9.72 Å². The molecule has 4 heteroatoms. The van der Waals surface area contributed by atoms with Gasteiger partial charge in [0.05, 0.1) is 10.2 Å². The molecule has 0 aliphatic carbocycles. The minimum Gasteiger partial charge on any atom is -0.493 e. The Kier molecular flexibility index (Phi) is 2.92. The van der Waals surface area contributed by atoms with Gasteiger partial charge in [0.1, 0.15) is 5.75 Å². The summed E-state index contributed by atoms with van der Waals surface area (Å²) in [6.07, 6.45) is 1.63. The predicted molar refractivity (Wildman–Crippen MR) is 50.9 cm³/mol. The average Bonchev–Trinajstić information content (AvgIpc) is 1.98. The van der Waals surface area contributed by atoms with E-state index < -0.39 is 0 Å². The monoisotopic (exact) mass is 265 g/mol. The molecular weight excluding hydrogens is 257 g/mol. The van der Waals surface area contributed by atoms with Crippen molar-refractivity contribution in [3.8, 4) is 5.75 Å². The van der Waals surface area contributed by atoms with Crippen LogP contribution in [0.3, 0.4) is 0 Å². The molecule has 1 aromatic heterocycles. The molecule has 11 heavy (non-hydrogen) atoms. The standard InChI is InChI=1S/C7H8INO2/c1-2-11-6-3-7(10)9-4-5(6)8/h3-4H,2H2,1H3,(H,9,10). The molecule has 0 aliphatic heterocycles. The SMILES string of the molecule is CCOc1cc(=O)[nH]cc1I. The topological polar surface area (TPSA) is 42.1 Å². The van der Waals surface area contributed by atoms with Crippen molar-refractivity contribution in [3.05, 3.63) is 26.2 Å². The fourth-order valence-corrected chi connectivity index (χ4v) is 1.17. The van der Waals surface area contributed by atoms with Crippen LogP contribution in [0.1, 0.15) is 6.92 Å². The number of pyridine rings is 1. The van der Waals surface area contributed by atoms with Gasteiger partial charge in [-0.15, -0.1) is 0 Å². The molecule has 0 aliphatic rings. The Labute approximate surface area is 77.9 Å². The molecule has 1 N–H and O–H groups in total. The van der Waals surface area contributed by atoms with Crippen molar-refractivity contribution in [2.45, 2.75) is 6.92 Å². The van der Waals surface area contributed by atoms with Gasteiger partial charge >= 0.3 is 0 Å². The van der Waals surface area contributed by atoms with Crippen LogP contribution in [-0.2, 0) is 0 Å². The van der Waals surface area contributed by atoms with E-state index in [0.29, 0.717) is 12.4 Å². The second kappa shape index (κ2) is 3.75. The first kappa shape index (κ1) is 8.58. The molecule has 0 unspecified atom stereocenters. The summed E-state index contributed by atoms with van der Waals surface area (Å²) in [4.78, 5) is 13.3. The largest absolute Gasteiger partial charge is 0.493 e. The molecule has 3 nitrogen and oxygen atoms in total. The Balaban J connectivity index is 3.02. The van der Waals surface area contributed by atoms with Crippen molar-refractivity contribution >= 4 is 22.6 Å². The lowest BCUT2D eigenvalue weighted by Crippen LogP contribution is -2.06. The van der Waals surface area contributed by atoms with Crippen LogP contribution in [0.15, 0.2) is 17.1 Å². The van der Waals surface area contributed by atoms with Gasteiger partial charge in [-0.2, -0.15) is 0 Å². The van der Waals surface area contributed by atoms with E-state index in [1.54, 1.807) is 6.20 Å². The van der Waals surface area contributed by atoms with Crippen LogP contribution < -0.4 is 10.3 Å². The van der Waals surface area contributed by atoms with Crippen LogP contribution in [0.4, 0.5) is 0 Å². The van der Waals surface area contributed by atoms with E-state index in [0.717, 1.165) is 3.57 Å². The zero-order chi connectivity index (χ0) is 8.27. The molecule has 0 amide bonds. The molecule has 1 rings (SSSR count). The quantitative estimate of drug-likeness (QED) is 0.821. The summed E-state index contributed by atoms with van der Waals surface area (Å²) in [5, 5.41) is 0. The number of aromatic nitrogens is 1. The fraction of sp³-hybridized carbons (Fsp3) is 0.286. The van der Waals surface area contributed by atoms with Crippen LogP contribution in [0.25, 0.3) is 0 Å². The number of halogens is 1. The molecule has 0 saturated heterocycles. The summed E-state index contributed by atoms with van der Waals surface area (Å²) in [6, 6.07) is 1.45. The van der Waals surface area contributed by atoms with Crippen LogP contribution >= 0.6 is 22.6 Å². The highest BCUT2D eigenvalue weighted by molar-refractivity contribution is 14.1. The van der Waals surface area contributed by atoms with Gasteiger partial charge in [-0.1, -0.05) is 0 Å². The molecule has 0 spiro atoms. The molecule has 1 heterocycles. The van der Waals surface area contributed by atoms with Gasteiger partial charge in [0.15, 0.2) is 0 Å². The third kappa shape index (κ3) is 2.21. The number of hydrogen-bond donors (Lipinski definition) is 1. The molecule has 0 bridgehead atoms. The summed E-state index contributed by atoms with van der Waals surface area (Å²) >= 11 is 2.11. The number of aromatic amines is 1. The van der Waals surface area contributed by atoms with Gasteiger partial charge in [0, 0.05) is 12.3 Å². The zero-order valence-corrected chi connectivity index (χ0v) is 8.21. The Bertz CT molecular complexity index is 295. The van der Waals surface area contributed by atoms with E-state index in [-0.39, 0.29) is 5.56 Å². The maximum Gasteiger partial charge on any atom is 0.251 e. The van der Waals surface area contributed by atoms with Crippen LogP contribution in [-0.4, -0.2) is 11.6 Å². The van der Waals surface area contributed by atoms with Crippen molar-refractivity contribution in [2.24, 2.45) is 0 Å². The van der Waals surface area contributed by atoms with Gasteiger partial charge in [-0.3, -0.25) is 4.79 Å². The highest BCUT2D eigenvalue weighted by Gasteiger charge is 1.98. The number of H-pyrrole nitrogens is 1.